The van der Waals surface area contributed by atoms with Crippen LogP contribution in [0.5, 0.6) is 5.75 Å². The summed E-state index contributed by atoms with van der Waals surface area (Å²) in [5.41, 5.74) is 9.84. The Morgan fingerprint density at radius 3 is 1.73 bits per heavy atom. The van der Waals surface area contributed by atoms with Gasteiger partial charge in [-0.1, -0.05) is 12.1 Å². The Balaban J connectivity index is 0.00000228. The minimum atomic E-state index is 0. The van der Waals surface area contributed by atoms with Crippen LogP contribution in [0.15, 0.2) is 66.7 Å². The molecule has 6 heteroatoms. The maximum absolute atomic E-state index is 5.32. The molecule has 5 nitrogen and oxygen atoms in total. The predicted molar refractivity (Wildman–Crippen MR) is 131 cm³/mol. The molecule has 0 fully saturated rings. The van der Waals surface area contributed by atoms with Gasteiger partial charge < -0.3 is 14.7 Å². The first-order valence-electron chi connectivity index (χ1n) is 10.4. The number of hydrogen-bond donors (Lipinski definition) is 2. The van der Waals surface area contributed by atoms with Crippen LogP contribution in [0.1, 0.15) is 22.8 Å². The second-order valence-corrected chi connectivity index (χ2v) is 7.82. The zero-order valence-electron chi connectivity index (χ0n) is 17.8. The normalized spacial score (nSPS) is 11.9. The van der Waals surface area contributed by atoms with Crippen molar-refractivity contribution >= 4 is 46.4 Å². The van der Waals surface area contributed by atoms with Crippen LogP contribution in [0.3, 0.4) is 0 Å². The van der Waals surface area contributed by atoms with E-state index in [1.807, 2.05) is 48.6 Å². The summed E-state index contributed by atoms with van der Waals surface area (Å²) in [7, 11) is 1.68. The SMILES string of the molecule is COc1ccc(-c2cc3cc4nc(cc5ccc(cc6nc(cc2[nH]3)C=C6)[nH]5)C=C4)cc1.[Ni]. The summed E-state index contributed by atoms with van der Waals surface area (Å²) >= 11 is 0. The molecule has 3 aromatic heterocycles. The number of benzene rings is 1. The van der Waals surface area contributed by atoms with Crippen molar-refractivity contribution in [3.05, 3.63) is 89.5 Å². The molecule has 0 saturated carbocycles. The average Bonchev–Trinajstić information content (AvgIpc) is 3.59. The van der Waals surface area contributed by atoms with Crippen molar-refractivity contribution in [3.8, 4) is 16.9 Å². The zero-order chi connectivity index (χ0) is 21.5. The van der Waals surface area contributed by atoms with Crippen molar-refractivity contribution in [2.45, 2.75) is 0 Å². The summed E-state index contributed by atoms with van der Waals surface area (Å²) < 4.78 is 5.32. The maximum atomic E-state index is 5.32. The topological polar surface area (TPSA) is 66.6 Å². The van der Waals surface area contributed by atoms with Gasteiger partial charge in [0.25, 0.3) is 0 Å². The number of aromatic nitrogens is 4. The van der Waals surface area contributed by atoms with Crippen LogP contribution in [0.25, 0.3) is 57.5 Å². The summed E-state index contributed by atoms with van der Waals surface area (Å²) in [6.07, 6.45) is 8.12. The van der Waals surface area contributed by atoms with E-state index in [4.69, 9.17) is 14.7 Å². The number of nitrogens with one attached hydrogen (secondary N) is 2. The van der Waals surface area contributed by atoms with E-state index in [-0.39, 0.29) is 16.5 Å². The van der Waals surface area contributed by atoms with E-state index in [0.717, 1.165) is 61.7 Å². The Morgan fingerprint density at radius 1 is 0.606 bits per heavy atom. The van der Waals surface area contributed by atoms with Crippen LogP contribution >= 0.6 is 0 Å². The number of ether oxygens (including phenoxy) is 1. The Bertz CT molecular complexity index is 1560. The first-order valence-corrected chi connectivity index (χ1v) is 10.4. The van der Waals surface area contributed by atoms with E-state index < -0.39 is 0 Å². The zero-order valence-corrected chi connectivity index (χ0v) is 18.8. The molecule has 0 saturated heterocycles. The van der Waals surface area contributed by atoms with E-state index in [0.29, 0.717) is 0 Å². The third kappa shape index (κ3) is 4.26. The van der Waals surface area contributed by atoms with Gasteiger partial charge in [-0.3, -0.25) is 0 Å². The number of H-pyrrole nitrogens is 2. The van der Waals surface area contributed by atoms with E-state index in [1.54, 1.807) is 7.11 Å². The molecule has 2 aliphatic heterocycles. The van der Waals surface area contributed by atoms with E-state index in [9.17, 15) is 0 Å². The number of methoxy groups -OCH3 is 1. The largest absolute Gasteiger partial charge is 0.497 e. The molecule has 0 atom stereocenters. The van der Waals surface area contributed by atoms with Gasteiger partial charge in [0.1, 0.15) is 5.75 Å². The van der Waals surface area contributed by atoms with Crippen molar-refractivity contribution in [1.82, 2.24) is 19.9 Å². The van der Waals surface area contributed by atoms with Crippen LogP contribution in [-0.4, -0.2) is 27.0 Å². The Hall–Kier alpha value is -3.89. The van der Waals surface area contributed by atoms with Crippen LogP contribution < -0.4 is 4.74 Å². The molecule has 0 spiro atoms. The van der Waals surface area contributed by atoms with Crippen LogP contribution in [0, 0.1) is 0 Å². The molecule has 8 bridgehead atoms. The van der Waals surface area contributed by atoms with Gasteiger partial charge in [-0.2, -0.15) is 0 Å². The van der Waals surface area contributed by atoms with Gasteiger partial charge in [0.15, 0.2) is 0 Å². The summed E-state index contributed by atoms with van der Waals surface area (Å²) in [5, 5.41) is 0. The molecule has 6 rings (SSSR count). The summed E-state index contributed by atoms with van der Waals surface area (Å²) in [5.74, 6) is 0.835. The third-order valence-corrected chi connectivity index (χ3v) is 5.57. The van der Waals surface area contributed by atoms with E-state index >= 15 is 0 Å². The standard InChI is InChI=1S/C27H20N4O.Ni/c1-32-25-10-2-17(3-11-25)26-15-24-14-22-7-6-20(29-22)12-18-4-5-19(28-18)13-21-8-9-23(30-21)16-27(26)31-24;/h2-16,28,31H,1H3;. The van der Waals surface area contributed by atoms with Crippen molar-refractivity contribution in [2.75, 3.05) is 7.11 Å². The van der Waals surface area contributed by atoms with Crippen molar-refractivity contribution < 1.29 is 21.2 Å². The van der Waals surface area contributed by atoms with Crippen LogP contribution in [0.2, 0.25) is 0 Å². The summed E-state index contributed by atoms with van der Waals surface area (Å²) in [6, 6.07) is 22.6. The minimum Gasteiger partial charge on any atom is -0.497 e. The predicted octanol–water partition coefficient (Wildman–Crippen LogP) is 6.33. The fourth-order valence-corrected chi connectivity index (χ4v) is 4.03. The third-order valence-electron chi connectivity index (χ3n) is 5.57. The first kappa shape index (κ1) is 21.0. The molecule has 1 aromatic carbocycles. The van der Waals surface area contributed by atoms with Gasteiger partial charge in [0, 0.05) is 44.1 Å². The Labute approximate surface area is 200 Å². The van der Waals surface area contributed by atoms with Gasteiger partial charge in [-0.25, -0.2) is 9.97 Å². The monoisotopic (exact) mass is 474 g/mol. The summed E-state index contributed by atoms with van der Waals surface area (Å²) in [6.45, 7) is 0. The number of hydrogen-bond acceptors (Lipinski definition) is 3. The molecule has 2 aliphatic rings. The van der Waals surface area contributed by atoms with Crippen molar-refractivity contribution in [2.24, 2.45) is 0 Å². The fourth-order valence-electron chi connectivity index (χ4n) is 4.03. The Morgan fingerprint density at radius 2 is 1.15 bits per heavy atom. The second kappa shape index (κ2) is 8.57. The quantitative estimate of drug-likeness (QED) is 0.288. The van der Waals surface area contributed by atoms with Gasteiger partial charge in [0.05, 0.1) is 29.9 Å². The maximum Gasteiger partial charge on any atom is 0.118 e. The summed E-state index contributed by atoms with van der Waals surface area (Å²) in [4.78, 5) is 16.5. The smallest absolute Gasteiger partial charge is 0.118 e. The second-order valence-electron chi connectivity index (χ2n) is 7.82. The molecule has 164 valence electrons. The molecule has 5 heterocycles. The van der Waals surface area contributed by atoms with Gasteiger partial charge in [0.2, 0.25) is 0 Å². The number of fused-ring (bicyclic) bond motifs is 8. The van der Waals surface area contributed by atoms with E-state index in [1.165, 1.54) is 0 Å². The average molecular weight is 475 g/mol. The number of aromatic amines is 2. The molecule has 4 aromatic rings. The molecule has 0 unspecified atom stereocenters. The van der Waals surface area contributed by atoms with E-state index in [2.05, 4.69) is 52.4 Å². The Kier molecular flexibility index (Phi) is 5.45. The minimum absolute atomic E-state index is 0. The van der Waals surface area contributed by atoms with Crippen molar-refractivity contribution in [1.29, 1.82) is 0 Å². The molecule has 0 aliphatic carbocycles. The molecule has 2 N–H and O–H groups in total. The molecular formula is C27H20N4NiO. The van der Waals surface area contributed by atoms with Crippen LogP contribution in [0.4, 0.5) is 0 Å². The molecular weight excluding hydrogens is 455 g/mol. The van der Waals surface area contributed by atoms with Gasteiger partial charge in [-0.05, 0) is 84.5 Å². The van der Waals surface area contributed by atoms with Gasteiger partial charge >= 0.3 is 0 Å². The number of nitrogens with zero attached hydrogens (tertiary/aromatic N) is 2. The molecule has 0 radical (unpaired) electrons. The first-order chi connectivity index (χ1) is 15.7. The molecule has 33 heavy (non-hydrogen) atoms. The molecule has 0 amide bonds. The fraction of sp³-hybridized carbons (Fsp3) is 0.0370. The van der Waals surface area contributed by atoms with Crippen LogP contribution in [-0.2, 0) is 16.5 Å². The number of rotatable bonds is 2. The van der Waals surface area contributed by atoms with Crippen molar-refractivity contribution in [3.63, 3.8) is 0 Å². The van der Waals surface area contributed by atoms with Gasteiger partial charge in [-0.15, -0.1) is 0 Å².